The SMILES string of the molecule is [CH-]=C(/C=C(/C)CC)CC.[CH-]=C(/C=C(/C)CC)CC.[Ru+2]. The van der Waals surface area contributed by atoms with E-state index in [1.54, 1.807) is 0 Å². The molecule has 0 aliphatic heterocycles. The minimum atomic E-state index is 0. The van der Waals surface area contributed by atoms with E-state index in [-0.39, 0.29) is 19.5 Å². The van der Waals surface area contributed by atoms with Gasteiger partial charge in [-0.05, 0) is 0 Å². The smallest absolute Gasteiger partial charge is 0.290 e. The minimum Gasteiger partial charge on any atom is -0.290 e. The van der Waals surface area contributed by atoms with Crippen LogP contribution in [0.3, 0.4) is 0 Å². The van der Waals surface area contributed by atoms with Crippen LogP contribution in [0, 0.1) is 13.2 Å². The van der Waals surface area contributed by atoms with Crippen LogP contribution in [0.5, 0.6) is 0 Å². The molecule has 0 N–H and O–H groups in total. The Morgan fingerprint density at radius 3 is 1.11 bits per heavy atom. The molecule has 0 aromatic carbocycles. The molecule has 0 heterocycles. The molecule has 110 valence electrons. The summed E-state index contributed by atoms with van der Waals surface area (Å²) in [6.45, 7) is 23.8. The molecule has 1 heteroatoms. The van der Waals surface area contributed by atoms with Gasteiger partial charge < -0.3 is 0 Å². The van der Waals surface area contributed by atoms with Gasteiger partial charge in [0.15, 0.2) is 0 Å². The third-order valence-electron chi connectivity index (χ3n) is 2.80. The Balaban J connectivity index is -0.000000256. The molecule has 0 spiro atoms. The summed E-state index contributed by atoms with van der Waals surface area (Å²) in [4.78, 5) is 0. The number of hydrogen-bond acceptors (Lipinski definition) is 0. The van der Waals surface area contributed by atoms with Crippen LogP contribution in [-0.2, 0) is 19.5 Å². The second-order valence-electron chi connectivity index (χ2n) is 4.55. The summed E-state index contributed by atoms with van der Waals surface area (Å²) < 4.78 is 0. The van der Waals surface area contributed by atoms with Gasteiger partial charge in [-0.25, -0.2) is 23.3 Å². The zero-order valence-electron chi connectivity index (χ0n) is 13.5. The molecule has 0 saturated heterocycles. The molecule has 0 rings (SSSR count). The summed E-state index contributed by atoms with van der Waals surface area (Å²) in [5.74, 6) is 0. The predicted octanol–water partition coefficient (Wildman–Crippen LogP) is 6.22. The first-order valence-electron chi connectivity index (χ1n) is 6.97. The fourth-order valence-corrected chi connectivity index (χ4v) is 1.04. The van der Waals surface area contributed by atoms with Crippen LogP contribution >= 0.6 is 0 Å². The van der Waals surface area contributed by atoms with Crippen LogP contribution in [0.15, 0.2) is 34.4 Å². The van der Waals surface area contributed by atoms with E-state index in [0.29, 0.717) is 0 Å². The molecule has 0 radical (unpaired) electrons. The van der Waals surface area contributed by atoms with E-state index in [9.17, 15) is 0 Å². The first-order valence-corrected chi connectivity index (χ1v) is 6.97. The second kappa shape index (κ2) is 15.6. The molecule has 0 aromatic rings. The molecule has 0 nitrogen and oxygen atoms in total. The van der Waals surface area contributed by atoms with Gasteiger partial charge in [-0.3, -0.25) is 13.2 Å². The van der Waals surface area contributed by atoms with Crippen LogP contribution in [0.4, 0.5) is 0 Å². The van der Waals surface area contributed by atoms with Crippen molar-refractivity contribution in [3.05, 3.63) is 47.6 Å². The number of hydrogen-bond donors (Lipinski definition) is 0. The van der Waals surface area contributed by atoms with Gasteiger partial charge in [0, 0.05) is 0 Å². The van der Waals surface area contributed by atoms with Crippen molar-refractivity contribution < 1.29 is 19.5 Å². The Bertz CT molecular complexity index is 274. The summed E-state index contributed by atoms with van der Waals surface area (Å²) in [6.07, 6.45) is 8.22. The summed E-state index contributed by atoms with van der Waals surface area (Å²) in [6, 6.07) is 0. The van der Waals surface area contributed by atoms with Crippen molar-refractivity contribution in [1.29, 1.82) is 0 Å². The average molecular weight is 348 g/mol. The van der Waals surface area contributed by atoms with Gasteiger partial charge in [0.05, 0.1) is 0 Å². The van der Waals surface area contributed by atoms with Gasteiger partial charge in [0.2, 0.25) is 0 Å². The van der Waals surface area contributed by atoms with Crippen LogP contribution < -0.4 is 0 Å². The van der Waals surface area contributed by atoms with Crippen LogP contribution in [0.25, 0.3) is 0 Å². The maximum atomic E-state index is 5.59. The predicted molar refractivity (Wildman–Crippen MR) is 84.3 cm³/mol. The topological polar surface area (TPSA) is 0 Å². The van der Waals surface area contributed by atoms with Crippen LogP contribution in [-0.4, -0.2) is 0 Å². The standard InChI is InChI=1S/2C9H15.Ru/c2*1-5-8(3)7-9(4)6-2;/h2*3,7H,5-6H2,1-2,4H3;/q2*-1;+2/b2*9-7-;. The first-order chi connectivity index (χ1) is 8.40. The largest absolute Gasteiger partial charge is 2.00 e. The van der Waals surface area contributed by atoms with Gasteiger partial charge in [-0.2, -0.15) is 11.1 Å². The van der Waals surface area contributed by atoms with E-state index >= 15 is 0 Å². The van der Waals surface area contributed by atoms with Crippen molar-refractivity contribution in [2.24, 2.45) is 0 Å². The Morgan fingerprint density at radius 2 is 0.947 bits per heavy atom. The molecule has 0 saturated carbocycles. The maximum absolute atomic E-state index is 5.59. The van der Waals surface area contributed by atoms with Crippen molar-refractivity contribution in [2.75, 3.05) is 0 Å². The summed E-state index contributed by atoms with van der Waals surface area (Å²) >= 11 is 0. The van der Waals surface area contributed by atoms with Gasteiger partial charge in [-0.1, -0.05) is 67.2 Å². The quantitative estimate of drug-likeness (QED) is 0.304. The van der Waals surface area contributed by atoms with E-state index in [1.807, 2.05) is 0 Å². The normalized spacial score (nSPS) is 11.1. The summed E-state index contributed by atoms with van der Waals surface area (Å²) in [5.41, 5.74) is 4.67. The van der Waals surface area contributed by atoms with Crippen molar-refractivity contribution in [2.45, 2.75) is 67.2 Å². The average Bonchev–Trinajstić information content (AvgIpc) is 2.38. The van der Waals surface area contributed by atoms with E-state index in [0.717, 1.165) is 36.8 Å². The molecular weight excluding hydrogens is 317 g/mol. The molecule has 19 heavy (non-hydrogen) atoms. The zero-order valence-corrected chi connectivity index (χ0v) is 15.2. The second-order valence-corrected chi connectivity index (χ2v) is 4.55. The molecule has 0 fully saturated rings. The third kappa shape index (κ3) is 17.6. The molecule has 0 aliphatic carbocycles. The summed E-state index contributed by atoms with van der Waals surface area (Å²) in [7, 11) is 0. The van der Waals surface area contributed by atoms with Gasteiger partial charge in [0.25, 0.3) is 0 Å². The monoisotopic (exact) mass is 348 g/mol. The Hall–Kier alpha value is -0.417. The first kappa shape index (κ1) is 23.7. The Labute approximate surface area is 134 Å². The summed E-state index contributed by atoms with van der Waals surface area (Å²) in [5, 5.41) is 0. The van der Waals surface area contributed by atoms with E-state index in [1.165, 1.54) is 11.1 Å². The van der Waals surface area contributed by atoms with E-state index in [2.05, 4.69) is 53.7 Å². The van der Waals surface area contributed by atoms with E-state index < -0.39 is 0 Å². The van der Waals surface area contributed by atoms with Gasteiger partial charge in [0.1, 0.15) is 0 Å². The Kier molecular flexibility index (Phi) is 19.5. The number of rotatable bonds is 6. The van der Waals surface area contributed by atoms with Gasteiger partial charge >= 0.3 is 19.5 Å². The van der Waals surface area contributed by atoms with E-state index in [4.69, 9.17) is 13.2 Å². The molecule has 0 unspecified atom stereocenters. The third-order valence-corrected chi connectivity index (χ3v) is 2.80. The van der Waals surface area contributed by atoms with Gasteiger partial charge in [-0.15, -0.1) is 0 Å². The van der Waals surface area contributed by atoms with Crippen molar-refractivity contribution >= 4 is 0 Å². The molecule has 0 amide bonds. The molecule has 0 aliphatic rings. The number of allylic oxidation sites excluding steroid dienone is 6. The molecule has 0 bridgehead atoms. The molecule has 0 atom stereocenters. The fourth-order valence-electron chi connectivity index (χ4n) is 1.04. The molecular formula is C18H30Ru. The Morgan fingerprint density at radius 1 is 0.684 bits per heavy atom. The van der Waals surface area contributed by atoms with Crippen molar-refractivity contribution in [1.82, 2.24) is 0 Å². The van der Waals surface area contributed by atoms with Crippen LogP contribution in [0.1, 0.15) is 67.2 Å². The van der Waals surface area contributed by atoms with Crippen molar-refractivity contribution in [3.8, 4) is 0 Å². The molecule has 0 aromatic heterocycles. The van der Waals surface area contributed by atoms with Crippen molar-refractivity contribution in [3.63, 3.8) is 0 Å². The zero-order chi connectivity index (χ0) is 14.6. The minimum absolute atomic E-state index is 0. The van der Waals surface area contributed by atoms with Crippen LogP contribution in [0.2, 0.25) is 0 Å². The maximum Gasteiger partial charge on any atom is 2.00 e. The fraction of sp³-hybridized carbons (Fsp3) is 0.556.